The molecule has 0 heterocycles. The van der Waals surface area contributed by atoms with Gasteiger partial charge in [0, 0.05) is 143 Å². The lowest BCUT2D eigenvalue weighted by Crippen LogP contribution is -2.53. The van der Waals surface area contributed by atoms with Crippen LogP contribution in [0.4, 0.5) is 0 Å². The maximum absolute atomic E-state index is 6.22. The quantitative estimate of drug-likeness (QED) is 0.0274. The molecule has 0 amide bonds. The summed E-state index contributed by atoms with van der Waals surface area (Å²) in [6.45, 7) is 25.3. The molecule has 0 aromatic rings. The Morgan fingerprint density at radius 2 is 0.905 bits per heavy atom. The van der Waals surface area contributed by atoms with Gasteiger partial charge >= 0.3 is 0 Å². The second-order valence-electron chi connectivity index (χ2n) is 12.2. The Labute approximate surface area is 259 Å². The summed E-state index contributed by atoms with van der Waals surface area (Å²) in [5, 5.41) is 10.2. The molecule has 0 aliphatic rings. The Balaban J connectivity index is 5.05. The van der Waals surface area contributed by atoms with Crippen molar-refractivity contribution in [3.8, 4) is 0 Å². The third-order valence-electron chi connectivity index (χ3n) is 7.80. The van der Waals surface area contributed by atoms with E-state index in [1.807, 2.05) is 6.92 Å². The maximum Gasteiger partial charge on any atom is 0.0777 e. The van der Waals surface area contributed by atoms with Gasteiger partial charge < -0.3 is 50.4 Å². The Hall–Kier alpha value is -0.455. The van der Waals surface area contributed by atoms with E-state index in [9.17, 15) is 0 Å². The predicted octanol–water partition coefficient (Wildman–Crippen LogP) is -4.16. The molecule has 15 N–H and O–H groups in total. The molecule has 0 fully saturated rings. The predicted molar refractivity (Wildman–Crippen MR) is 182 cm³/mol. The zero-order valence-electron chi connectivity index (χ0n) is 27.6. The van der Waals surface area contributed by atoms with Crippen molar-refractivity contribution in [2.45, 2.75) is 31.6 Å². The Morgan fingerprint density at radius 1 is 0.476 bits per heavy atom. The van der Waals surface area contributed by atoms with E-state index >= 15 is 0 Å². The van der Waals surface area contributed by atoms with E-state index in [1.54, 1.807) is 0 Å². The van der Waals surface area contributed by atoms with Crippen LogP contribution in [0.2, 0.25) is 5.31 Å². The first-order chi connectivity index (χ1) is 20.1. The third-order valence-corrected chi connectivity index (χ3v) is 7.80. The largest absolute Gasteiger partial charge is 0.331 e. The summed E-state index contributed by atoms with van der Waals surface area (Å²) in [6.07, 6.45) is 0. The number of hydrogen-bond acceptors (Lipinski definition) is 13. The number of hydrogen-bond donors (Lipinski definition) is 9. The van der Waals surface area contributed by atoms with Gasteiger partial charge in [-0.05, 0) is 32.3 Å². The van der Waals surface area contributed by atoms with E-state index < -0.39 is 5.31 Å². The minimum Gasteiger partial charge on any atom is -0.331 e. The van der Waals surface area contributed by atoms with E-state index in [4.69, 9.17) is 42.2 Å². The molecule has 250 valence electrons. The molecule has 2 radical (unpaired) electrons. The summed E-state index contributed by atoms with van der Waals surface area (Å²) in [5.74, 6) is 0. The maximum atomic E-state index is 6.22. The van der Waals surface area contributed by atoms with Crippen molar-refractivity contribution >= 4 is 7.85 Å². The van der Waals surface area contributed by atoms with Gasteiger partial charge in [-0.15, -0.1) is 0 Å². The van der Waals surface area contributed by atoms with E-state index in [-0.39, 0.29) is 5.54 Å². The van der Waals surface area contributed by atoms with Crippen LogP contribution in [0.5, 0.6) is 0 Å². The third kappa shape index (κ3) is 21.3. The van der Waals surface area contributed by atoms with Gasteiger partial charge in [-0.1, -0.05) is 6.92 Å². The minimum atomic E-state index is -0.397. The van der Waals surface area contributed by atoms with E-state index in [2.05, 4.69) is 49.4 Å². The second-order valence-corrected chi connectivity index (χ2v) is 12.2. The Kier molecular flexibility index (Phi) is 25.5. The van der Waals surface area contributed by atoms with Crippen molar-refractivity contribution < 1.29 is 0 Å². The lowest BCUT2D eigenvalue weighted by Gasteiger charge is -2.37. The van der Waals surface area contributed by atoms with Crippen LogP contribution in [-0.4, -0.2) is 184 Å². The van der Waals surface area contributed by atoms with Crippen LogP contribution in [0.25, 0.3) is 0 Å². The molecular weight excluding hydrogens is 529 g/mol. The molecule has 14 heteroatoms. The van der Waals surface area contributed by atoms with Crippen molar-refractivity contribution in [1.82, 2.24) is 35.6 Å². The molecule has 13 nitrogen and oxygen atoms in total. The average Bonchev–Trinajstić information content (AvgIpc) is 2.97. The summed E-state index contributed by atoms with van der Waals surface area (Å²) in [7, 11) is 6.22. The van der Waals surface area contributed by atoms with Crippen molar-refractivity contribution in [3.63, 3.8) is 0 Å². The van der Waals surface area contributed by atoms with Gasteiger partial charge in [0.2, 0.25) is 0 Å². The minimum absolute atomic E-state index is 0.0585. The first kappa shape index (κ1) is 41.5. The van der Waals surface area contributed by atoms with Crippen molar-refractivity contribution in [1.29, 1.82) is 0 Å². The number of rotatable bonds is 31. The lowest BCUT2D eigenvalue weighted by molar-refractivity contribution is 0.131. The van der Waals surface area contributed by atoms with Crippen LogP contribution in [0.1, 0.15) is 20.8 Å². The van der Waals surface area contributed by atoms with Crippen LogP contribution in [0, 0.1) is 0 Å². The second kappa shape index (κ2) is 25.8. The van der Waals surface area contributed by atoms with Gasteiger partial charge in [0.25, 0.3) is 0 Å². The van der Waals surface area contributed by atoms with E-state index in [0.29, 0.717) is 45.8 Å². The zero-order valence-corrected chi connectivity index (χ0v) is 27.6. The van der Waals surface area contributed by atoms with E-state index in [1.165, 1.54) is 0 Å². The van der Waals surface area contributed by atoms with Gasteiger partial charge in [-0.2, -0.15) is 0 Å². The SMILES string of the molecule is [B]C(C)(CN)CNCCN(CCN(CCN)CCN)CCN(CCNCCN)CCNCCN(CCN)C(C)(C)CN. The highest BCUT2D eigenvalue weighted by molar-refractivity contribution is 6.15. The molecule has 0 saturated heterocycles. The monoisotopic (exact) mass is 600 g/mol. The molecule has 42 heavy (non-hydrogen) atoms. The average molecular weight is 600 g/mol. The van der Waals surface area contributed by atoms with Gasteiger partial charge in [0.1, 0.15) is 0 Å². The first-order valence-electron chi connectivity index (χ1n) is 16.1. The fourth-order valence-corrected chi connectivity index (χ4v) is 4.66. The van der Waals surface area contributed by atoms with Gasteiger partial charge in [-0.25, -0.2) is 0 Å². The van der Waals surface area contributed by atoms with Crippen LogP contribution < -0.4 is 50.4 Å². The van der Waals surface area contributed by atoms with Crippen molar-refractivity contribution in [2.75, 3.05) is 151 Å². The van der Waals surface area contributed by atoms with Crippen molar-refractivity contribution in [3.05, 3.63) is 0 Å². The molecule has 0 aliphatic carbocycles. The summed E-state index contributed by atoms with van der Waals surface area (Å²) >= 11 is 0. The van der Waals surface area contributed by atoms with Gasteiger partial charge in [0.15, 0.2) is 0 Å². The molecular formula is C28H70BN13. The van der Waals surface area contributed by atoms with Crippen molar-refractivity contribution in [2.24, 2.45) is 34.4 Å². The van der Waals surface area contributed by atoms with E-state index in [0.717, 1.165) is 105 Å². The molecule has 0 aromatic heterocycles. The molecule has 1 atom stereocenters. The van der Waals surface area contributed by atoms with Gasteiger partial charge in [0.05, 0.1) is 7.85 Å². The number of nitrogens with zero attached hydrogens (tertiary/aromatic N) is 4. The fraction of sp³-hybridized carbons (Fsp3) is 1.00. The molecule has 0 saturated carbocycles. The van der Waals surface area contributed by atoms with Crippen LogP contribution >= 0.6 is 0 Å². The lowest BCUT2D eigenvalue weighted by atomic mass is 9.70. The summed E-state index contributed by atoms with van der Waals surface area (Å²) in [5.41, 5.74) is 35.0. The molecule has 0 aliphatic heterocycles. The van der Waals surface area contributed by atoms with Crippen LogP contribution in [0.15, 0.2) is 0 Å². The summed E-state index contributed by atoms with van der Waals surface area (Å²) in [4.78, 5) is 9.78. The Bertz CT molecular complexity index is 594. The molecule has 0 rings (SSSR count). The summed E-state index contributed by atoms with van der Waals surface area (Å²) in [6, 6.07) is 0. The summed E-state index contributed by atoms with van der Waals surface area (Å²) < 4.78 is 0. The normalized spacial score (nSPS) is 14.1. The highest BCUT2D eigenvalue weighted by Gasteiger charge is 2.24. The zero-order chi connectivity index (χ0) is 31.7. The molecule has 0 bridgehead atoms. The van der Waals surface area contributed by atoms with Gasteiger partial charge in [-0.3, -0.25) is 19.6 Å². The molecule has 0 aromatic carbocycles. The molecule has 1 unspecified atom stereocenters. The highest BCUT2D eigenvalue weighted by Crippen LogP contribution is 2.14. The van der Waals surface area contributed by atoms with Crippen LogP contribution in [0.3, 0.4) is 0 Å². The molecule has 0 spiro atoms. The standard InChI is InChI=1S/C28H70BN13/c1-27(2,24-34)42(15-7-33)19-12-37-10-17-40(16-9-36-8-4-30)21-23-41(18-11-38-26-28(3,29)25-35)22-20-39(13-5-31)14-6-32/h36-38H,4-26,30-35H2,1-3H3. The highest BCUT2D eigenvalue weighted by atomic mass is 15.2. The number of nitrogens with two attached hydrogens (primary N) is 6. The smallest absolute Gasteiger partial charge is 0.0777 e. The Morgan fingerprint density at radius 3 is 1.36 bits per heavy atom. The van der Waals surface area contributed by atoms with Crippen LogP contribution in [-0.2, 0) is 0 Å². The fourth-order valence-electron chi connectivity index (χ4n) is 4.66. The first-order valence-corrected chi connectivity index (χ1v) is 16.1. The number of nitrogens with one attached hydrogen (secondary N) is 3. The topological polar surface area (TPSA) is 205 Å².